The van der Waals surface area contributed by atoms with Crippen LogP contribution in [-0.2, 0) is 11.3 Å². The van der Waals surface area contributed by atoms with Crippen LogP contribution >= 0.6 is 0 Å². The van der Waals surface area contributed by atoms with Crippen LogP contribution < -0.4 is 10.1 Å². The molecular weight excluding hydrogens is 252 g/mol. The number of ether oxygens (including phenoxy) is 1. The molecule has 1 aromatic carbocycles. The quantitative estimate of drug-likeness (QED) is 0.705. The van der Waals surface area contributed by atoms with E-state index in [-0.39, 0.29) is 5.91 Å². The third-order valence-electron chi connectivity index (χ3n) is 3.20. The number of hydrogen-bond donors (Lipinski definition) is 1. The Kier molecular flexibility index (Phi) is 7.73. The van der Waals surface area contributed by atoms with Crippen LogP contribution in [0.15, 0.2) is 24.3 Å². The average Bonchev–Trinajstić information content (AvgIpc) is 2.46. The van der Waals surface area contributed by atoms with E-state index >= 15 is 0 Å². The minimum absolute atomic E-state index is 0.211. The van der Waals surface area contributed by atoms with Gasteiger partial charge < -0.3 is 15.0 Å². The van der Waals surface area contributed by atoms with E-state index in [1.54, 1.807) is 0 Å². The molecule has 0 fully saturated rings. The molecule has 0 aromatic heterocycles. The van der Waals surface area contributed by atoms with E-state index in [2.05, 4.69) is 11.4 Å². The molecule has 0 aliphatic rings. The summed E-state index contributed by atoms with van der Waals surface area (Å²) >= 11 is 0. The highest BCUT2D eigenvalue weighted by Crippen LogP contribution is 2.13. The summed E-state index contributed by atoms with van der Waals surface area (Å²) < 4.78 is 5.69. The summed E-state index contributed by atoms with van der Waals surface area (Å²) in [6.45, 7) is 6.98. The maximum Gasteiger partial charge on any atom is 0.222 e. The van der Waals surface area contributed by atoms with Crippen LogP contribution in [0.4, 0.5) is 0 Å². The Morgan fingerprint density at radius 1 is 1.30 bits per heavy atom. The van der Waals surface area contributed by atoms with Gasteiger partial charge in [-0.1, -0.05) is 12.1 Å². The minimum Gasteiger partial charge on any atom is -0.494 e. The lowest BCUT2D eigenvalue weighted by molar-refractivity contribution is -0.131. The molecule has 0 bridgehead atoms. The summed E-state index contributed by atoms with van der Waals surface area (Å²) in [6.07, 6.45) is 1.31. The smallest absolute Gasteiger partial charge is 0.222 e. The number of hydrogen-bond acceptors (Lipinski definition) is 3. The Morgan fingerprint density at radius 2 is 2.05 bits per heavy atom. The van der Waals surface area contributed by atoms with Gasteiger partial charge in [-0.2, -0.15) is 0 Å². The second-order valence-corrected chi connectivity index (χ2v) is 4.70. The number of rotatable bonds is 9. The van der Waals surface area contributed by atoms with Gasteiger partial charge in [0, 0.05) is 26.1 Å². The predicted octanol–water partition coefficient (Wildman–Crippen LogP) is 2.43. The highest BCUT2D eigenvalue weighted by atomic mass is 16.5. The minimum atomic E-state index is 0.211. The summed E-state index contributed by atoms with van der Waals surface area (Å²) in [5.74, 6) is 1.08. The fourth-order valence-corrected chi connectivity index (χ4v) is 2.10. The Morgan fingerprint density at radius 3 is 2.70 bits per heavy atom. The first-order chi connectivity index (χ1) is 9.71. The van der Waals surface area contributed by atoms with E-state index in [9.17, 15) is 4.79 Å². The highest BCUT2D eigenvalue weighted by molar-refractivity contribution is 5.76. The second kappa shape index (κ2) is 9.37. The monoisotopic (exact) mass is 278 g/mol. The van der Waals surface area contributed by atoms with Gasteiger partial charge in [-0.15, -0.1) is 0 Å². The lowest BCUT2D eigenvalue weighted by Gasteiger charge is -2.18. The lowest BCUT2D eigenvalue weighted by atomic mass is 10.2. The van der Waals surface area contributed by atoms with Gasteiger partial charge in [0.25, 0.3) is 0 Å². The topological polar surface area (TPSA) is 41.6 Å². The van der Waals surface area contributed by atoms with E-state index in [1.807, 2.05) is 44.0 Å². The van der Waals surface area contributed by atoms with Crippen molar-refractivity contribution in [2.45, 2.75) is 33.2 Å². The summed E-state index contributed by atoms with van der Waals surface area (Å²) in [5, 5.41) is 3.11. The summed E-state index contributed by atoms with van der Waals surface area (Å²) in [7, 11) is 1.92. The third-order valence-corrected chi connectivity index (χ3v) is 3.20. The first-order valence-electron chi connectivity index (χ1n) is 7.35. The first kappa shape index (κ1) is 16.5. The average molecular weight is 278 g/mol. The van der Waals surface area contributed by atoms with Crippen LogP contribution in [0, 0.1) is 0 Å². The van der Waals surface area contributed by atoms with Crippen molar-refractivity contribution in [1.82, 2.24) is 10.2 Å². The summed E-state index contributed by atoms with van der Waals surface area (Å²) in [6, 6.07) is 8.03. The second-order valence-electron chi connectivity index (χ2n) is 4.70. The van der Waals surface area contributed by atoms with E-state index in [0.717, 1.165) is 31.8 Å². The zero-order chi connectivity index (χ0) is 14.8. The Labute approximate surface area is 122 Å². The van der Waals surface area contributed by atoms with Gasteiger partial charge in [0.1, 0.15) is 5.75 Å². The summed E-state index contributed by atoms with van der Waals surface area (Å²) in [5.41, 5.74) is 1.20. The molecule has 0 spiro atoms. The van der Waals surface area contributed by atoms with Gasteiger partial charge in [0.05, 0.1) is 6.61 Å². The molecule has 4 nitrogen and oxygen atoms in total. The van der Waals surface area contributed by atoms with Crippen molar-refractivity contribution in [3.05, 3.63) is 29.8 Å². The highest BCUT2D eigenvalue weighted by Gasteiger charge is 2.08. The molecule has 0 aliphatic heterocycles. The van der Waals surface area contributed by atoms with Crippen molar-refractivity contribution in [3.63, 3.8) is 0 Å². The van der Waals surface area contributed by atoms with E-state index in [4.69, 9.17) is 4.74 Å². The Balaban J connectivity index is 2.30. The number of nitrogens with zero attached hydrogens (tertiary/aromatic N) is 1. The van der Waals surface area contributed by atoms with E-state index < -0.39 is 0 Å². The molecule has 1 aromatic rings. The van der Waals surface area contributed by atoms with Crippen LogP contribution in [0.2, 0.25) is 0 Å². The van der Waals surface area contributed by atoms with Gasteiger partial charge in [-0.3, -0.25) is 4.79 Å². The molecule has 0 unspecified atom stereocenters. The molecule has 0 aliphatic carbocycles. The van der Waals surface area contributed by atoms with Crippen molar-refractivity contribution in [2.75, 3.05) is 26.7 Å². The van der Waals surface area contributed by atoms with Gasteiger partial charge in [0.2, 0.25) is 5.91 Å². The third kappa shape index (κ3) is 5.61. The molecular formula is C16H26N2O2. The van der Waals surface area contributed by atoms with Crippen molar-refractivity contribution in [3.8, 4) is 5.75 Å². The molecule has 0 saturated heterocycles. The maximum absolute atomic E-state index is 11.8. The van der Waals surface area contributed by atoms with E-state index in [1.165, 1.54) is 5.56 Å². The van der Waals surface area contributed by atoms with Crippen LogP contribution in [-0.4, -0.2) is 37.6 Å². The molecule has 1 N–H and O–H groups in total. The zero-order valence-corrected chi connectivity index (χ0v) is 12.8. The fourth-order valence-electron chi connectivity index (χ4n) is 2.10. The molecule has 4 heteroatoms. The normalized spacial score (nSPS) is 10.3. The Hall–Kier alpha value is -1.55. The summed E-state index contributed by atoms with van der Waals surface area (Å²) in [4.78, 5) is 13.7. The van der Waals surface area contributed by atoms with Crippen molar-refractivity contribution in [2.24, 2.45) is 0 Å². The SMILES string of the molecule is CCN(CC)C(=O)CCCOc1cccc(CNC)c1. The van der Waals surface area contributed by atoms with Crippen LogP contribution in [0.25, 0.3) is 0 Å². The molecule has 0 radical (unpaired) electrons. The molecule has 0 saturated carbocycles. The van der Waals surface area contributed by atoms with Crippen LogP contribution in [0.5, 0.6) is 5.75 Å². The van der Waals surface area contributed by atoms with Crippen molar-refractivity contribution < 1.29 is 9.53 Å². The molecule has 0 heterocycles. The molecule has 1 amide bonds. The van der Waals surface area contributed by atoms with Crippen LogP contribution in [0.1, 0.15) is 32.3 Å². The molecule has 0 atom stereocenters. The zero-order valence-electron chi connectivity index (χ0n) is 12.8. The first-order valence-corrected chi connectivity index (χ1v) is 7.35. The number of carbonyl (C=O) groups excluding carboxylic acids is 1. The number of carbonyl (C=O) groups is 1. The molecule has 20 heavy (non-hydrogen) atoms. The van der Waals surface area contributed by atoms with E-state index in [0.29, 0.717) is 13.0 Å². The lowest BCUT2D eigenvalue weighted by Crippen LogP contribution is -2.30. The largest absolute Gasteiger partial charge is 0.494 e. The fraction of sp³-hybridized carbons (Fsp3) is 0.562. The van der Waals surface area contributed by atoms with Crippen LogP contribution in [0.3, 0.4) is 0 Å². The van der Waals surface area contributed by atoms with Gasteiger partial charge in [-0.05, 0) is 45.0 Å². The standard InChI is InChI=1S/C16H26N2O2/c1-4-18(5-2)16(19)10-7-11-20-15-9-6-8-14(12-15)13-17-3/h6,8-9,12,17H,4-5,7,10-11,13H2,1-3H3. The van der Waals surface area contributed by atoms with Crippen molar-refractivity contribution in [1.29, 1.82) is 0 Å². The van der Waals surface area contributed by atoms with Crippen molar-refractivity contribution >= 4 is 5.91 Å². The molecule has 112 valence electrons. The predicted molar refractivity (Wildman–Crippen MR) is 81.9 cm³/mol. The number of amides is 1. The number of nitrogens with one attached hydrogen (secondary N) is 1. The van der Waals surface area contributed by atoms with Gasteiger partial charge >= 0.3 is 0 Å². The Bertz CT molecular complexity index is 403. The molecule has 1 rings (SSSR count). The maximum atomic E-state index is 11.8. The van der Waals surface area contributed by atoms with Gasteiger partial charge in [-0.25, -0.2) is 0 Å². The van der Waals surface area contributed by atoms with Gasteiger partial charge in [0.15, 0.2) is 0 Å². The number of benzene rings is 1.